The number of carbonyl (C=O) groups excluding carboxylic acids is 1. The van der Waals surface area contributed by atoms with E-state index in [1.807, 2.05) is 49.4 Å². The predicted octanol–water partition coefficient (Wildman–Crippen LogP) is 4.31. The second-order valence-electron chi connectivity index (χ2n) is 8.56. The Labute approximate surface area is 172 Å². The van der Waals surface area contributed by atoms with Crippen LogP contribution in [0.4, 0.5) is 0 Å². The molecule has 2 aromatic rings. The zero-order chi connectivity index (χ0) is 20.6. The van der Waals surface area contributed by atoms with Crippen molar-refractivity contribution in [2.75, 3.05) is 6.61 Å². The molecule has 0 spiro atoms. The van der Waals surface area contributed by atoms with E-state index >= 15 is 0 Å². The van der Waals surface area contributed by atoms with Crippen LogP contribution in [0.15, 0.2) is 42.5 Å². The summed E-state index contributed by atoms with van der Waals surface area (Å²) >= 11 is 0. The van der Waals surface area contributed by atoms with Crippen molar-refractivity contribution in [1.29, 1.82) is 0 Å². The molecule has 4 nitrogen and oxygen atoms in total. The highest BCUT2D eigenvalue weighted by Crippen LogP contribution is 2.59. The highest BCUT2D eigenvalue weighted by atomic mass is 16.5. The molecule has 3 aliphatic rings. The first-order valence-electron chi connectivity index (χ1n) is 10.8. The molecular weight excluding hydrogens is 364 g/mol. The summed E-state index contributed by atoms with van der Waals surface area (Å²) in [5, 5.41) is 23.6. The summed E-state index contributed by atoms with van der Waals surface area (Å²) in [7, 11) is 0. The molecule has 2 N–H and O–H groups in total. The van der Waals surface area contributed by atoms with Crippen molar-refractivity contribution < 1.29 is 19.7 Å². The summed E-state index contributed by atoms with van der Waals surface area (Å²) in [6, 6.07) is 13.0. The first-order chi connectivity index (χ1) is 13.9. The molecule has 0 fully saturated rings. The van der Waals surface area contributed by atoms with E-state index in [-0.39, 0.29) is 6.42 Å². The van der Waals surface area contributed by atoms with Gasteiger partial charge in [-0.05, 0) is 35.6 Å². The predicted molar refractivity (Wildman–Crippen MR) is 111 cm³/mol. The van der Waals surface area contributed by atoms with E-state index in [0.29, 0.717) is 28.9 Å². The number of unbranched alkanes of at least 4 members (excludes halogenated alkanes) is 4. The molecule has 0 heterocycles. The van der Waals surface area contributed by atoms with Crippen LogP contribution in [0.3, 0.4) is 0 Å². The van der Waals surface area contributed by atoms with Crippen LogP contribution in [0.2, 0.25) is 0 Å². The Morgan fingerprint density at radius 2 is 1.69 bits per heavy atom. The molecular formula is C25H30O4. The molecule has 154 valence electrons. The van der Waals surface area contributed by atoms with Gasteiger partial charge in [0.2, 0.25) is 0 Å². The van der Waals surface area contributed by atoms with Crippen LogP contribution in [0, 0.1) is 12.8 Å². The average Bonchev–Trinajstić information content (AvgIpc) is 2.72. The van der Waals surface area contributed by atoms with Crippen LogP contribution >= 0.6 is 0 Å². The maximum absolute atomic E-state index is 13.0. The monoisotopic (exact) mass is 394 g/mol. The fourth-order valence-corrected chi connectivity index (χ4v) is 5.07. The fourth-order valence-electron chi connectivity index (χ4n) is 5.07. The molecule has 0 saturated carbocycles. The van der Waals surface area contributed by atoms with Gasteiger partial charge < -0.3 is 14.9 Å². The highest BCUT2D eigenvalue weighted by molar-refractivity contribution is 5.79. The van der Waals surface area contributed by atoms with Crippen LogP contribution < -0.4 is 0 Å². The number of rotatable bonds is 7. The minimum atomic E-state index is -1.48. The number of benzene rings is 2. The third-order valence-corrected chi connectivity index (χ3v) is 6.60. The van der Waals surface area contributed by atoms with Crippen LogP contribution in [0.1, 0.15) is 73.3 Å². The van der Waals surface area contributed by atoms with Crippen molar-refractivity contribution in [1.82, 2.24) is 0 Å². The fraction of sp³-hybridized carbons (Fsp3) is 0.480. The molecule has 29 heavy (non-hydrogen) atoms. The molecule has 5 rings (SSSR count). The normalized spacial score (nSPS) is 26.7. The topological polar surface area (TPSA) is 66.8 Å². The van der Waals surface area contributed by atoms with Crippen LogP contribution in [0.5, 0.6) is 0 Å². The number of carbonyl (C=O) groups is 1. The molecule has 3 unspecified atom stereocenters. The second kappa shape index (κ2) is 7.58. The molecule has 0 aromatic heterocycles. The smallest absolute Gasteiger partial charge is 0.312 e. The van der Waals surface area contributed by atoms with E-state index in [1.165, 1.54) is 12.8 Å². The Balaban J connectivity index is 1.65. The number of fused-ring (bicyclic) bond motifs is 1. The summed E-state index contributed by atoms with van der Waals surface area (Å²) < 4.78 is 5.57. The summed E-state index contributed by atoms with van der Waals surface area (Å²) in [6.45, 7) is 4.49. The van der Waals surface area contributed by atoms with Crippen LogP contribution in [-0.2, 0) is 20.7 Å². The number of ether oxygens (including phenoxy) is 1. The lowest BCUT2D eigenvalue weighted by atomic mass is 9.54. The summed E-state index contributed by atoms with van der Waals surface area (Å²) in [5.41, 5.74) is 0.829. The first kappa shape index (κ1) is 20.1. The lowest BCUT2D eigenvalue weighted by Crippen LogP contribution is -2.57. The van der Waals surface area contributed by atoms with Crippen LogP contribution in [0.25, 0.3) is 0 Å². The molecule has 4 heteroatoms. The standard InChI is InChI=1S/C25H30O4/c1-3-4-5-6-9-14-29-23(26)22-16-24(27)18-10-7-8-11-19(18)25(22,28)20-13-12-17(2)15-21(20)24/h7-8,10-13,15,22,27-28H,3-6,9,14,16H2,1-2H3. The molecule has 0 saturated heterocycles. The zero-order valence-corrected chi connectivity index (χ0v) is 17.3. The zero-order valence-electron chi connectivity index (χ0n) is 17.3. The van der Waals surface area contributed by atoms with E-state index in [1.54, 1.807) is 0 Å². The number of aliphatic hydroxyl groups is 2. The van der Waals surface area contributed by atoms with Crippen LogP contribution in [-0.4, -0.2) is 22.8 Å². The Kier molecular flexibility index (Phi) is 5.26. The lowest BCUT2D eigenvalue weighted by molar-refractivity contribution is -0.167. The van der Waals surface area contributed by atoms with Crippen molar-refractivity contribution in [3.05, 3.63) is 70.3 Å². The third-order valence-electron chi connectivity index (χ3n) is 6.60. The Morgan fingerprint density at radius 3 is 2.45 bits per heavy atom. The van der Waals surface area contributed by atoms with Crippen molar-refractivity contribution in [2.24, 2.45) is 5.92 Å². The summed E-state index contributed by atoms with van der Waals surface area (Å²) in [6.07, 6.45) is 5.49. The SMILES string of the molecule is CCCCCCCOC(=O)C1CC2(O)c3ccccc3C1(O)c1ccc(C)cc12. The van der Waals surface area contributed by atoms with Gasteiger partial charge in [0.05, 0.1) is 12.5 Å². The van der Waals surface area contributed by atoms with Gasteiger partial charge in [0, 0.05) is 6.42 Å². The number of hydrogen-bond acceptors (Lipinski definition) is 4. The number of hydrogen-bond donors (Lipinski definition) is 2. The minimum absolute atomic E-state index is 0.131. The Bertz CT molecular complexity index is 921. The number of aryl methyl sites for hydroxylation is 1. The quantitative estimate of drug-likeness (QED) is 0.542. The van der Waals surface area contributed by atoms with Gasteiger partial charge in [-0.25, -0.2) is 0 Å². The largest absolute Gasteiger partial charge is 0.465 e. The van der Waals surface area contributed by atoms with E-state index in [0.717, 1.165) is 24.8 Å². The molecule has 0 radical (unpaired) electrons. The van der Waals surface area contributed by atoms with Gasteiger partial charge in [0.1, 0.15) is 11.2 Å². The first-order valence-corrected chi connectivity index (χ1v) is 10.8. The van der Waals surface area contributed by atoms with Gasteiger partial charge in [0.25, 0.3) is 0 Å². The molecule has 3 atom stereocenters. The van der Waals surface area contributed by atoms with Gasteiger partial charge >= 0.3 is 5.97 Å². The van der Waals surface area contributed by atoms with Crippen molar-refractivity contribution >= 4 is 5.97 Å². The maximum atomic E-state index is 13.0. The molecule has 2 bridgehead atoms. The highest BCUT2D eigenvalue weighted by Gasteiger charge is 2.62. The van der Waals surface area contributed by atoms with Gasteiger partial charge in [0.15, 0.2) is 0 Å². The van der Waals surface area contributed by atoms with E-state index in [9.17, 15) is 15.0 Å². The number of esters is 1. The van der Waals surface area contributed by atoms with Gasteiger partial charge in [-0.2, -0.15) is 0 Å². The van der Waals surface area contributed by atoms with E-state index in [2.05, 4.69) is 6.92 Å². The van der Waals surface area contributed by atoms with Crippen molar-refractivity contribution in [2.45, 2.75) is 63.6 Å². The molecule has 3 aliphatic carbocycles. The van der Waals surface area contributed by atoms with E-state index in [4.69, 9.17) is 4.74 Å². The average molecular weight is 395 g/mol. The van der Waals surface area contributed by atoms with E-state index < -0.39 is 23.1 Å². The van der Waals surface area contributed by atoms with Crippen molar-refractivity contribution in [3.63, 3.8) is 0 Å². The van der Waals surface area contributed by atoms with Gasteiger partial charge in [-0.1, -0.05) is 80.6 Å². The minimum Gasteiger partial charge on any atom is -0.465 e. The van der Waals surface area contributed by atoms with Gasteiger partial charge in [-0.3, -0.25) is 4.79 Å². The lowest BCUT2D eigenvalue weighted by Gasteiger charge is -2.53. The van der Waals surface area contributed by atoms with Crippen molar-refractivity contribution in [3.8, 4) is 0 Å². The Hall–Kier alpha value is -2.17. The summed E-state index contributed by atoms with van der Waals surface area (Å²) in [4.78, 5) is 13.0. The summed E-state index contributed by atoms with van der Waals surface area (Å²) in [5.74, 6) is -1.25. The second-order valence-corrected chi connectivity index (χ2v) is 8.56. The molecule has 0 aliphatic heterocycles. The molecule has 2 aromatic carbocycles. The van der Waals surface area contributed by atoms with Gasteiger partial charge in [-0.15, -0.1) is 0 Å². The maximum Gasteiger partial charge on any atom is 0.312 e. The third kappa shape index (κ3) is 3.10. The Morgan fingerprint density at radius 1 is 1.00 bits per heavy atom. The molecule has 0 amide bonds.